The second-order valence-corrected chi connectivity index (χ2v) is 9.99. The first kappa shape index (κ1) is 29.3. The molecule has 1 fully saturated rings. The van der Waals surface area contributed by atoms with Crippen LogP contribution in [0.4, 0.5) is 9.59 Å². The van der Waals surface area contributed by atoms with Crippen LogP contribution in [0.3, 0.4) is 0 Å². The predicted octanol–water partition coefficient (Wildman–Crippen LogP) is 2.36. The van der Waals surface area contributed by atoms with E-state index in [9.17, 15) is 29.1 Å². The Hall–Kier alpha value is -3.77. The van der Waals surface area contributed by atoms with Gasteiger partial charge in [-0.1, -0.05) is 0 Å². The van der Waals surface area contributed by atoms with Gasteiger partial charge in [0.2, 0.25) is 0 Å². The van der Waals surface area contributed by atoms with Crippen LogP contribution in [-0.4, -0.2) is 75.2 Å². The van der Waals surface area contributed by atoms with E-state index < -0.39 is 64.9 Å². The lowest BCUT2D eigenvalue weighted by atomic mass is 10.1. The molecule has 196 valence electrons. The van der Waals surface area contributed by atoms with Crippen LogP contribution < -0.4 is 5.32 Å². The van der Waals surface area contributed by atoms with E-state index in [0.29, 0.717) is 0 Å². The summed E-state index contributed by atoms with van der Waals surface area (Å²) >= 11 is 0. The molecule has 13 nitrogen and oxygen atoms in total. The van der Waals surface area contributed by atoms with Crippen LogP contribution in [0.1, 0.15) is 55.4 Å². The molecule has 0 aliphatic carbocycles. The van der Waals surface area contributed by atoms with Gasteiger partial charge in [0.1, 0.15) is 11.4 Å². The minimum atomic E-state index is -1.40. The van der Waals surface area contributed by atoms with Gasteiger partial charge in [0, 0.05) is 25.5 Å². The maximum atomic E-state index is 11.6. The first-order valence-electron chi connectivity index (χ1n) is 10.5. The van der Waals surface area contributed by atoms with Gasteiger partial charge in [-0.3, -0.25) is 4.79 Å². The molecule has 0 unspecified atom stereocenters. The van der Waals surface area contributed by atoms with E-state index >= 15 is 0 Å². The third kappa shape index (κ3) is 9.94. The topological polar surface area (TPSA) is 178 Å². The number of aliphatic hydroxyl groups excluding tert-OH is 2. The summed E-state index contributed by atoms with van der Waals surface area (Å²) in [5, 5.41) is 21.2. The molecule has 0 aromatic carbocycles. The Bertz CT molecular complexity index is 927. The number of imide groups is 1. The van der Waals surface area contributed by atoms with E-state index in [1.165, 1.54) is 13.8 Å². The summed E-state index contributed by atoms with van der Waals surface area (Å²) in [5.41, 5.74) is -1.85. The van der Waals surface area contributed by atoms with Crippen LogP contribution in [-0.2, 0) is 33.3 Å². The van der Waals surface area contributed by atoms with Crippen molar-refractivity contribution < 1.29 is 53.1 Å². The third-order valence-electron chi connectivity index (χ3n) is 3.68. The number of hydrogen-bond donors (Lipinski definition) is 3. The molecule has 0 aromatic rings. The van der Waals surface area contributed by atoms with Crippen molar-refractivity contribution in [1.82, 2.24) is 10.2 Å². The number of hydrogen-bond acceptors (Lipinski definition) is 11. The summed E-state index contributed by atoms with van der Waals surface area (Å²) in [4.78, 5) is 58.0. The molecule has 2 heterocycles. The highest BCUT2D eigenvalue weighted by Gasteiger charge is 2.41. The van der Waals surface area contributed by atoms with E-state index in [-0.39, 0.29) is 12.3 Å². The van der Waals surface area contributed by atoms with Gasteiger partial charge < -0.3 is 34.5 Å². The number of esters is 2. The second kappa shape index (κ2) is 10.7. The Labute approximate surface area is 202 Å². The standard InChI is InChI=1S/C13H19NO7.C9H13NO4/c1-12(2,3)14-11(18)19-6-7(15)8-9(16)20-13(4,5)21-10(8)17;1-9(2,3)14-8(13)10-5-6(11)4-7(10)12/h15H,6H2,1-5H3,(H,14,18);4,11H,5H2,1-3H3. The van der Waals surface area contributed by atoms with Crippen LogP contribution in [0.5, 0.6) is 0 Å². The fourth-order valence-electron chi connectivity index (χ4n) is 2.41. The number of nitrogens with zero attached hydrogens (tertiary/aromatic N) is 1. The van der Waals surface area contributed by atoms with Crippen LogP contribution >= 0.6 is 0 Å². The van der Waals surface area contributed by atoms with Crippen molar-refractivity contribution in [3.63, 3.8) is 0 Å². The number of nitrogens with one attached hydrogen (secondary N) is 1. The van der Waals surface area contributed by atoms with Crippen molar-refractivity contribution in [3.05, 3.63) is 23.2 Å². The second-order valence-electron chi connectivity index (χ2n) is 9.99. The largest absolute Gasteiger partial charge is 0.510 e. The average molecular weight is 501 g/mol. The zero-order chi connectivity index (χ0) is 27.4. The van der Waals surface area contributed by atoms with Gasteiger partial charge in [-0.2, -0.15) is 0 Å². The van der Waals surface area contributed by atoms with Gasteiger partial charge in [0.25, 0.3) is 11.7 Å². The number of carbonyl (C=O) groups is 5. The fourth-order valence-corrected chi connectivity index (χ4v) is 2.41. The summed E-state index contributed by atoms with van der Waals surface area (Å²) in [6.07, 6.45) is -0.528. The minimum absolute atomic E-state index is 0.103. The van der Waals surface area contributed by atoms with Crippen molar-refractivity contribution in [2.45, 2.75) is 72.3 Å². The molecule has 0 atom stereocenters. The number of carbonyl (C=O) groups excluding carboxylic acids is 5. The van der Waals surface area contributed by atoms with Crippen molar-refractivity contribution in [2.75, 3.05) is 13.2 Å². The van der Waals surface area contributed by atoms with E-state index in [1.54, 1.807) is 41.5 Å². The van der Waals surface area contributed by atoms with Crippen LogP contribution in [0.2, 0.25) is 0 Å². The van der Waals surface area contributed by atoms with Gasteiger partial charge in [-0.25, -0.2) is 24.1 Å². The van der Waals surface area contributed by atoms with E-state index in [1.807, 2.05) is 0 Å². The number of rotatable bonds is 2. The molecule has 2 rings (SSSR count). The summed E-state index contributed by atoms with van der Waals surface area (Å²) in [6, 6.07) is 0. The maximum Gasteiger partial charge on any atom is 0.417 e. The van der Waals surface area contributed by atoms with Crippen molar-refractivity contribution in [1.29, 1.82) is 0 Å². The Morgan fingerprint density at radius 1 is 1.09 bits per heavy atom. The number of amides is 3. The summed E-state index contributed by atoms with van der Waals surface area (Å²) in [5.74, 6) is -4.87. The number of alkyl carbamates (subject to hydrolysis) is 1. The molecular formula is C22H32N2O11. The highest BCUT2D eigenvalue weighted by molar-refractivity contribution is 6.15. The first-order valence-corrected chi connectivity index (χ1v) is 10.5. The Kier molecular flexibility index (Phi) is 8.91. The average Bonchev–Trinajstić information content (AvgIpc) is 2.94. The molecule has 3 amide bonds. The number of ether oxygens (including phenoxy) is 4. The molecule has 35 heavy (non-hydrogen) atoms. The molecule has 1 saturated heterocycles. The minimum Gasteiger partial charge on any atom is -0.510 e. The zero-order valence-corrected chi connectivity index (χ0v) is 21.0. The predicted molar refractivity (Wildman–Crippen MR) is 119 cm³/mol. The highest BCUT2D eigenvalue weighted by atomic mass is 16.7. The summed E-state index contributed by atoms with van der Waals surface area (Å²) in [7, 11) is 0. The Balaban J connectivity index is 0.000000379. The van der Waals surface area contributed by atoms with E-state index in [4.69, 9.17) is 24.1 Å². The Morgan fingerprint density at radius 3 is 2.00 bits per heavy atom. The van der Waals surface area contributed by atoms with Gasteiger partial charge >= 0.3 is 24.1 Å². The number of cyclic esters (lactones) is 2. The number of aliphatic hydroxyl groups is 2. The Morgan fingerprint density at radius 2 is 1.60 bits per heavy atom. The molecular weight excluding hydrogens is 468 g/mol. The molecule has 0 radical (unpaired) electrons. The molecule has 0 aromatic heterocycles. The normalized spacial score (nSPS) is 17.4. The van der Waals surface area contributed by atoms with Crippen molar-refractivity contribution in [3.8, 4) is 0 Å². The van der Waals surface area contributed by atoms with Crippen LogP contribution in [0, 0.1) is 0 Å². The first-order chi connectivity index (χ1) is 15.7. The van der Waals surface area contributed by atoms with Gasteiger partial charge in [0.05, 0.1) is 6.54 Å². The molecule has 13 heteroatoms. The summed E-state index contributed by atoms with van der Waals surface area (Å²) < 4.78 is 19.3. The molecule has 0 spiro atoms. The van der Waals surface area contributed by atoms with E-state index in [2.05, 4.69) is 5.32 Å². The monoisotopic (exact) mass is 500 g/mol. The lowest BCUT2D eigenvalue weighted by Gasteiger charge is -2.30. The van der Waals surface area contributed by atoms with Crippen LogP contribution in [0.15, 0.2) is 23.2 Å². The SMILES string of the molecule is CC(C)(C)NC(=O)OCC(O)=C1C(=O)OC(C)(C)OC1=O.CC(C)(C)OC(=O)N1CC(O)=CC1=O. The zero-order valence-electron chi connectivity index (χ0n) is 21.0. The molecule has 2 aliphatic rings. The smallest absolute Gasteiger partial charge is 0.417 e. The highest BCUT2D eigenvalue weighted by Crippen LogP contribution is 2.24. The van der Waals surface area contributed by atoms with Crippen LogP contribution in [0.25, 0.3) is 0 Å². The lowest BCUT2D eigenvalue weighted by Crippen LogP contribution is -2.43. The quantitative estimate of drug-likeness (QED) is 0.167. The van der Waals surface area contributed by atoms with Gasteiger partial charge in [-0.15, -0.1) is 0 Å². The summed E-state index contributed by atoms with van der Waals surface area (Å²) in [6.45, 7) is 12.3. The maximum absolute atomic E-state index is 11.6. The molecule has 2 aliphatic heterocycles. The third-order valence-corrected chi connectivity index (χ3v) is 3.68. The van der Waals surface area contributed by atoms with Crippen molar-refractivity contribution in [2.24, 2.45) is 0 Å². The lowest BCUT2D eigenvalue weighted by molar-refractivity contribution is -0.222. The molecule has 3 N–H and O–H groups in total. The van der Waals surface area contributed by atoms with Gasteiger partial charge in [0.15, 0.2) is 17.9 Å². The molecule has 0 bridgehead atoms. The van der Waals surface area contributed by atoms with E-state index in [0.717, 1.165) is 11.0 Å². The molecule has 0 saturated carbocycles. The van der Waals surface area contributed by atoms with Crippen molar-refractivity contribution >= 4 is 30.0 Å². The van der Waals surface area contributed by atoms with Gasteiger partial charge in [-0.05, 0) is 41.5 Å². The fraction of sp³-hybridized carbons (Fsp3) is 0.591.